The minimum Gasteiger partial charge on any atom is -0.334 e. The molecular formula is C10H12ClNOS. The Morgan fingerprint density at radius 3 is 3.21 bits per heavy atom. The summed E-state index contributed by atoms with van der Waals surface area (Å²) in [6.07, 6.45) is 2.12. The van der Waals surface area contributed by atoms with Crippen molar-refractivity contribution < 1.29 is 4.79 Å². The molecule has 1 aliphatic heterocycles. The van der Waals surface area contributed by atoms with E-state index in [1.165, 1.54) is 11.3 Å². The third-order valence-electron chi connectivity index (χ3n) is 2.55. The van der Waals surface area contributed by atoms with E-state index in [0.717, 1.165) is 24.3 Å². The Kier molecular flexibility index (Phi) is 3.08. The van der Waals surface area contributed by atoms with Gasteiger partial charge in [-0.25, -0.2) is 0 Å². The number of halogens is 1. The van der Waals surface area contributed by atoms with Gasteiger partial charge in [-0.05, 0) is 24.3 Å². The van der Waals surface area contributed by atoms with E-state index >= 15 is 0 Å². The van der Waals surface area contributed by atoms with Crippen molar-refractivity contribution in [3.05, 3.63) is 22.4 Å². The van der Waals surface area contributed by atoms with Gasteiger partial charge in [0.25, 0.3) is 5.91 Å². The van der Waals surface area contributed by atoms with Crippen LogP contribution in [-0.2, 0) is 0 Å². The highest BCUT2D eigenvalue weighted by Gasteiger charge is 2.28. The summed E-state index contributed by atoms with van der Waals surface area (Å²) in [5, 5.41) is 1.93. The van der Waals surface area contributed by atoms with Crippen molar-refractivity contribution in [3.63, 3.8) is 0 Å². The number of alkyl halides is 1. The molecule has 14 heavy (non-hydrogen) atoms. The SMILES string of the molecule is O=C(c1cccs1)N1CCCC1CCl. The molecule has 1 atom stereocenters. The number of thiophene rings is 1. The van der Waals surface area contributed by atoms with Crippen LogP contribution in [0.5, 0.6) is 0 Å². The second kappa shape index (κ2) is 4.32. The third kappa shape index (κ3) is 1.79. The van der Waals surface area contributed by atoms with Crippen molar-refractivity contribution in [2.24, 2.45) is 0 Å². The maximum absolute atomic E-state index is 12.0. The van der Waals surface area contributed by atoms with Crippen molar-refractivity contribution in [2.45, 2.75) is 18.9 Å². The topological polar surface area (TPSA) is 20.3 Å². The molecule has 0 spiro atoms. The highest BCUT2D eigenvalue weighted by Crippen LogP contribution is 2.22. The number of likely N-dealkylation sites (tertiary alicyclic amines) is 1. The fourth-order valence-corrected chi connectivity index (χ4v) is 2.81. The van der Waals surface area contributed by atoms with E-state index in [1.807, 2.05) is 22.4 Å². The molecule has 0 aliphatic carbocycles. The largest absolute Gasteiger partial charge is 0.334 e. The molecule has 2 rings (SSSR count). The van der Waals surface area contributed by atoms with Gasteiger partial charge in [-0.15, -0.1) is 22.9 Å². The molecule has 0 saturated carbocycles. The first-order valence-corrected chi connectivity index (χ1v) is 6.15. The zero-order chi connectivity index (χ0) is 9.97. The van der Waals surface area contributed by atoms with Crippen LogP contribution in [0.4, 0.5) is 0 Å². The van der Waals surface area contributed by atoms with Crippen LogP contribution in [0.3, 0.4) is 0 Å². The highest BCUT2D eigenvalue weighted by atomic mass is 35.5. The van der Waals surface area contributed by atoms with Crippen LogP contribution >= 0.6 is 22.9 Å². The number of carbonyl (C=O) groups excluding carboxylic acids is 1. The molecule has 1 aromatic rings. The monoisotopic (exact) mass is 229 g/mol. The Labute approximate surface area is 92.5 Å². The number of rotatable bonds is 2. The van der Waals surface area contributed by atoms with Crippen LogP contribution in [-0.4, -0.2) is 29.3 Å². The minimum atomic E-state index is 0.142. The smallest absolute Gasteiger partial charge is 0.264 e. The molecule has 1 fully saturated rings. The van der Waals surface area contributed by atoms with Gasteiger partial charge in [0, 0.05) is 18.5 Å². The van der Waals surface area contributed by atoms with Crippen molar-refractivity contribution in [1.29, 1.82) is 0 Å². The summed E-state index contributed by atoms with van der Waals surface area (Å²) in [7, 11) is 0. The van der Waals surface area contributed by atoms with Gasteiger partial charge in [0.15, 0.2) is 0 Å². The quantitative estimate of drug-likeness (QED) is 0.714. The minimum absolute atomic E-state index is 0.142. The Hall–Kier alpha value is -0.540. The summed E-state index contributed by atoms with van der Waals surface area (Å²) in [5.41, 5.74) is 0. The molecule has 1 aromatic heterocycles. The first kappa shape index (κ1) is 9.99. The maximum atomic E-state index is 12.0. The number of amides is 1. The molecule has 2 nitrogen and oxygen atoms in total. The van der Waals surface area contributed by atoms with Crippen molar-refractivity contribution in [1.82, 2.24) is 4.90 Å². The van der Waals surface area contributed by atoms with E-state index in [1.54, 1.807) is 0 Å². The van der Waals surface area contributed by atoms with Gasteiger partial charge < -0.3 is 4.90 Å². The number of hydrogen-bond donors (Lipinski definition) is 0. The molecule has 1 saturated heterocycles. The van der Waals surface area contributed by atoms with Crippen molar-refractivity contribution in [3.8, 4) is 0 Å². The normalized spacial score (nSPS) is 21.5. The molecule has 0 N–H and O–H groups in total. The average molecular weight is 230 g/mol. The van der Waals surface area contributed by atoms with Gasteiger partial charge in [0.05, 0.1) is 4.88 Å². The number of nitrogens with zero attached hydrogens (tertiary/aromatic N) is 1. The van der Waals surface area contributed by atoms with Crippen LogP contribution in [0.25, 0.3) is 0 Å². The van der Waals surface area contributed by atoms with Crippen LogP contribution in [0.15, 0.2) is 17.5 Å². The van der Waals surface area contributed by atoms with Gasteiger partial charge >= 0.3 is 0 Å². The Balaban J connectivity index is 2.11. The predicted octanol–water partition coefficient (Wildman–Crippen LogP) is 2.59. The second-order valence-electron chi connectivity index (χ2n) is 3.43. The summed E-state index contributed by atoms with van der Waals surface area (Å²) in [6, 6.07) is 4.02. The van der Waals surface area contributed by atoms with Gasteiger partial charge in [-0.2, -0.15) is 0 Å². The summed E-state index contributed by atoms with van der Waals surface area (Å²) in [4.78, 5) is 14.7. The van der Waals surface area contributed by atoms with E-state index in [0.29, 0.717) is 5.88 Å². The summed E-state index contributed by atoms with van der Waals surface area (Å²) in [6.45, 7) is 0.855. The van der Waals surface area contributed by atoms with E-state index in [4.69, 9.17) is 11.6 Å². The Bertz CT molecular complexity index is 312. The van der Waals surface area contributed by atoms with Crippen molar-refractivity contribution in [2.75, 3.05) is 12.4 Å². The molecule has 1 aliphatic rings. The first-order chi connectivity index (χ1) is 6.83. The lowest BCUT2D eigenvalue weighted by Gasteiger charge is -2.21. The van der Waals surface area contributed by atoms with Gasteiger partial charge in [0.2, 0.25) is 0 Å². The average Bonchev–Trinajstić information content (AvgIpc) is 2.87. The predicted molar refractivity (Wildman–Crippen MR) is 59.1 cm³/mol. The highest BCUT2D eigenvalue weighted by molar-refractivity contribution is 7.12. The number of hydrogen-bond acceptors (Lipinski definition) is 2. The molecule has 2 heterocycles. The molecule has 1 amide bonds. The van der Waals surface area contributed by atoms with E-state index < -0.39 is 0 Å². The van der Waals surface area contributed by atoms with Crippen LogP contribution in [0.2, 0.25) is 0 Å². The van der Waals surface area contributed by atoms with Crippen LogP contribution < -0.4 is 0 Å². The zero-order valence-corrected chi connectivity index (χ0v) is 9.35. The Morgan fingerprint density at radius 1 is 1.71 bits per heavy atom. The molecule has 76 valence electrons. The van der Waals surface area contributed by atoms with Crippen LogP contribution in [0.1, 0.15) is 22.5 Å². The molecule has 4 heteroatoms. The fourth-order valence-electron chi connectivity index (χ4n) is 1.81. The Morgan fingerprint density at radius 2 is 2.57 bits per heavy atom. The zero-order valence-electron chi connectivity index (χ0n) is 7.78. The lowest BCUT2D eigenvalue weighted by Crippen LogP contribution is -2.36. The van der Waals surface area contributed by atoms with Gasteiger partial charge in [-0.3, -0.25) is 4.79 Å². The summed E-state index contributed by atoms with van der Waals surface area (Å²) >= 11 is 7.31. The lowest BCUT2D eigenvalue weighted by molar-refractivity contribution is 0.0754. The fraction of sp³-hybridized carbons (Fsp3) is 0.500. The lowest BCUT2D eigenvalue weighted by atomic mass is 10.2. The maximum Gasteiger partial charge on any atom is 0.264 e. The molecular weight excluding hydrogens is 218 g/mol. The standard InChI is InChI=1S/C10H12ClNOS/c11-7-8-3-1-5-12(8)10(13)9-4-2-6-14-9/h2,4,6,8H,1,3,5,7H2. The van der Waals surface area contributed by atoms with Crippen LogP contribution in [0, 0.1) is 0 Å². The second-order valence-corrected chi connectivity index (χ2v) is 4.68. The molecule has 1 unspecified atom stereocenters. The summed E-state index contributed by atoms with van der Waals surface area (Å²) in [5.74, 6) is 0.694. The van der Waals surface area contributed by atoms with E-state index in [-0.39, 0.29) is 11.9 Å². The molecule has 0 bridgehead atoms. The molecule has 0 radical (unpaired) electrons. The van der Waals surface area contributed by atoms with Gasteiger partial charge in [-0.1, -0.05) is 6.07 Å². The number of carbonyl (C=O) groups is 1. The summed E-state index contributed by atoms with van der Waals surface area (Å²) < 4.78 is 0. The van der Waals surface area contributed by atoms with E-state index in [2.05, 4.69) is 0 Å². The van der Waals surface area contributed by atoms with E-state index in [9.17, 15) is 4.79 Å². The first-order valence-electron chi connectivity index (χ1n) is 4.73. The van der Waals surface area contributed by atoms with Crippen molar-refractivity contribution >= 4 is 28.8 Å². The third-order valence-corrected chi connectivity index (χ3v) is 3.76. The van der Waals surface area contributed by atoms with Gasteiger partial charge in [0.1, 0.15) is 0 Å². The molecule has 0 aromatic carbocycles.